The summed E-state index contributed by atoms with van der Waals surface area (Å²) in [6, 6.07) is 4.26. The van der Waals surface area contributed by atoms with Crippen LogP contribution in [0.25, 0.3) is 0 Å². The number of amides is 4. The molecule has 184 valence electrons. The molecule has 1 heterocycles. The summed E-state index contributed by atoms with van der Waals surface area (Å²) < 4.78 is 0. The number of imide groups is 1. The minimum absolute atomic E-state index is 0.0173. The van der Waals surface area contributed by atoms with E-state index in [1.54, 1.807) is 25.1 Å². The number of halogens is 2. The van der Waals surface area contributed by atoms with E-state index in [9.17, 15) is 19.2 Å². The summed E-state index contributed by atoms with van der Waals surface area (Å²) in [7, 11) is 0. The second kappa shape index (κ2) is 11.4. The predicted octanol–water partition coefficient (Wildman–Crippen LogP) is 3.82. The lowest BCUT2D eigenvalue weighted by atomic mass is 9.85. The molecule has 3 rings (SSSR count). The second-order valence-electron chi connectivity index (χ2n) is 9.27. The van der Waals surface area contributed by atoms with Crippen LogP contribution < -0.4 is 5.32 Å². The zero-order valence-corrected chi connectivity index (χ0v) is 21.2. The summed E-state index contributed by atoms with van der Waals surface area (Å²) in [6.07, 6.45) is 4.85. The molecule has 0 bridgehead atoms. The summed E-state index contributed by atoms with van der Waals surface area (Å²) in [5, 5.41) is 3.63. The highest BCUT2D eigenvalue weighted by Gasteiger charge is 2.47. The Bertz CT molecular complexity index is 948. The maximum atomic E-state index is 13.3. The summed E-state index contributed by atoms with van der Waals surface area (Å²) >= 11 is 12.7. The molecule has 1 unspecified atom stereocenters. The van der Waals surface area contributed by atoms with Gasteiger partial charge in [0.05, 0.1) is 11.8 Å². The van der Waals surface area contributed by atoms with Gasteiger partial charge in [0.2, 0.25) is 23.6 Å². The Morgan fingerprint density at radius 1 is 1.06 bits per heavy atom. The molecule has 0 radical (unpaired) electrons. The molecule has 1 aliphatic heterocycles. The van der Waals surface area contributed by atoms with Crippen molar-refractivity contribution in [2.75, 3.05) is 13.1 Å². The van der Waals surface area contributed by atoms with Crippen molar-refractivity contribution < 1.29 is 19.2 Å². The first-order chi connectivity index (χ1) is 16.1. The average molecular weight is 508 g/mol. The molecule has 9 heteroatoms. The Balaban J connectivity index is 1.75. The Morgan fingerprint density at radius 3 is 2.15 bits per heavy atom. The van der Waals surface area contributed by atoms with Crippen LogP contribution in [0.15, 0.2) is 30.4 Å². The summed E-state index contributed by atoms with van der Waals surface area (Å²) in [4.78, 5) is 54.2. The second-order valence-corrected chi connectivity index (χ2v) is 10.1. The van der Waals surface area contributed by atoms with E-state index < -0.39 is 6.04 Å². The molecule has 1 saturated heterocycles. The highest BCUT2D eigenvalue weighted by molar-refractivity contribution is 6.36. The fourth-order valence-corrected chi connectivity index (χ4v) is 4.85. The molecule has 7 nitrogen and oxygen atoms in total. The van der Waals surface area contributed by atoms with Crippen LogP contribution in [0, 0.1) is 17.8 Å². The van der Waals surface area contributed by atoms with Crippen molar-refractivity contribution in [3.8, 4) is 0 Å². The van der Waals surface area contributed by atoms with E-state index in [1.165, 1.54) is 9.80 Å². The molecule has 3 atom stereocenters. The van der Waals surface area contributed by atoms with Crippen LogP contribution in [0.2, 0.25) is 10.0 Å². The number of benzene rings is 1. The average Bonchev–Trinajstić information content (AvgIpc) is 3.05. The number of carbonyl (C=O) groups is 4. The molecule has 1 aliphatic carbocycles. The first-order valence-electron chi connectivity index (χ1n) is 11.6. The molecule has 0 spiro atoms. The molecule has 1 fully saturated rings. The predicted molar refractivity (Wildman–Crippen MR) is 131 cm³/mol. The van der Waals surface area contributed by atoms with E-state index in [0.717, 1.165) is 0 Å². The summed E-state index contributed by atoms with van der Waals surface area (Å²) in [6.45, 7) is 6.10. The lowest BCUT2D eigenvalue weighted by Gasteiger charge is -2.30. The summed E-state index contributed by atoms with van der Waals surface area (Å²) in [5.41, 5.74) is 0.535. The third-order valence-corrected chi connectivity index (χ3v) is 7.10. The van der Waals surface area contributed by atoms with Crippen molar-refractivity contribution in [3.63, 3.8) is 0 Å². The van der Waals surface area contributed by atoms with Gasteiger partial charge >= 0.3 is 0 Å². The standard InChI is InChI=1S/C25H31Cl2N3O4/c1-15(2)13-28-23(32)16(3)30(14-19-20(26)9-6-10-21(19)27)22(31)11-12-29-24(33)17-7-4-5-8-18(17)25(29)34/h4-6,9-10,15-18H,7-8,11-14H2,1-3H3,(H,28,32)/t16?,17-,18+. The Kier molecular flexibility index (Phi) is 8.77. The van der Waals surface area contributed by atoms with Crippen LogP contribution in [0.4, 0.5) is 0 Å². The van der Waals surface area contributed by atoms with Crippen LogP contribution in [0.1, 0.15) is 45.6 Å². The van der Waals surface area contributed by atoms with E-state index in [0.29, 0.717) is 35.0 Å². The van der Waals surface area contributed by atoms with Crippen molar-refractivity contribution >= 4 is 46.8 Å². The quantitative estimate of drug-likeness (QED) is 0.406. The van der Waals surface area contributed by atoms with Crippen molar-refractivity contribution in [2.45, 2.75) is 52.6 Å². The van der Waals surface area contributed by atoms with Gasteiger partial charge in [-0.15, -0.1) is 0 Å². The third kappa shape index (κ3) is 5.81. The lowest BCUT2D eigenvalue weighted by Crippen LogP contribution is -2.49. The number of hydrogen-bond donors (Lipinski definition) is 1. The minimum atomic E-state index is -0.796. The van der Waals surface area contributed by atoms with Gasteiger partial charge in [0.1, 0.15) is 6.04 Å². The number of likely N-dealkylation sites (tertiary alicyclic amines) is 1. The number of allylic oxidation sites excluding steroid dienone is 2. The van der Waals surface area contributed by atoms with Crippen molar-refractivity contribution in [1.82, 2.24) is 15.1 Å². The van der Waals surface area contributed by atoms with Gasteiger partial charge in [-0.3, -0.25) is 24.1 Å². The van der Waals surface area contributed by atoms with Crippen molar-refractivity contribution in [3.05, 3.63) is 46.0 Å². The highest BCUT2D eigenvalue weighted by atomic mass is 35.5. The van der Waals surface area contributed by atoms with E-state index in [4.69, 9.17) is 23.2 Å². The fourth-order valence-electron chi connectivity index (χ4n) is 4.33. The molecule has 2 aliphatic rings. The molecule has 4 amide bonds. The van der Waals surface area contributed by atoms with Gasteiger partial charge in [0, 0.05) is 41.7 Å². The topological polar surface area (TPSA) is 86.8 Å². The van der Waals surface area contributed by atoms with E-state index in [1.807, 2.05) is 26.0 Å². The molecule has 0 aromatic heterocycles. The molecule has 34 heavy (non-hydrogen) atoms. The maximum Gasteiger partial charge on any atom is 0.242 e. The van der Waals surface area contributed by atoms with Crippen molar-refractivity contribution in [2.24, 2.45) is 17.8 Å². The van der Waals surface area contributed by atoms with Gasteiger partial charge in [-0.05, 0) is 37.8 Å². The molecule has 1 aromatic carbocycles. The monoisotopic (exact) mass is 507 g/mol. The van der Waals surface area contributed by atoms with Crippen LogP contribution in [0.5, 0.6) is 0 Å². The zero-order valence-electron chi connectivity index (χ0n) is 19.7. The number of rotatable bonds is 9. The first kappa shape index (κ1) is 26.2. The molecular weight excluding hydrogens is 477 g/mol. The first-order valence-corrected chi connectivity index (χ1v) is 12.4. The minimum Gasteiger partial charge on any atom is -0.354 e. The number of fused-ring (bicyclic) bond motifs is 1. The fraction of sp³-hybridized carbons (Fsp3) is 0.520. The largest absolute Gasteiger partial charge is 0.354 e. The Morgan fingerprint density at radius 2 is 1.62 bits per heavy atom. The molecular formula is C25H31Cl2N3O4. The van der Waals surface area contributed by atoms with E-state index in [-0.39, 0.29) is 60.9 Å². The van der Waals surface area contributed by atoms with E-state index >= 15 is 0 Å². The van der Waals surface area contributed by atoms with Crippen LogP contribution in [-0.2, 0) is 25.7 Å². The maximum absolute atomic E-state index is 13.3. The van der Waals surface area contributed by atoms with Crippen LogP contribution >= 0.6 is 23.2 Å². The van der Waals surface area contributed by atoms with Crippen LogP contribution in [-0.4, -0.2) is 52.6 Å². The lowest BCUT2D eigenvalue weighted by molar-refractivity contribution is -0.143. The zero-order chi connectivity index (χ0) is 25.0. The highest BCUT2D eigenvalue weighted by Crippen LogP contribution is 2.35. The molecule has 1 N–H and O–H groups in total. The van der Waals surface area contributed by atoms with Crippen molar-refractivity contribution in [1.29, 1.82) is 0 Å². The number of nitrogens with one attached hydrogen (secondary N) is 1. The molecule has 1 aromatic rings. The van der Waals surface area contributed by atoms with E-state index in [2.05, 4.69) is 5.32 Å². The van der Waals surface area contributed by atoms with Gasteiger partial charge < -0.3 is 10.2 Å². The molecule has 0 saturated carbocycles. The smallest absolute Gasteiger partial charge is 0.242 e. The SMILES string of the molecule is CC(C)CNC(=O)C(C)N(Cc1c(Cl)cccc1Cl)C(=O)CCN1C(=O)[C@H]2CC=CC[C@H]2C1=O. The van der Waals surface area contributed by atoms with Gasteiger partial charge in [-0.25, -0.2) is 0 Å². The van der Waals surface area contributed by atoms with Gasteiger partial charge in [-0.1, -0.05) is 55.3 Å². The van der Waals surface area contributed by atoms with Gasteiger partial charge in [0.15, 0.2) is 0 Å². The normalized spacial score (nSPS) is 20.5. The van der Waals surface area contributed by atoms with Gasteiger partial charge in [-0.2, -0.15) is 0 Å². The number of hydrogen-bond acceptors (Lipinski definition) is 4. The number of nitrogens with zero attached hydrogens (tertiary/aromatic N) is 2. The third-order valence-electron chi connectivity index (χ3n) is 6.39. The van der Waals surface area contributed by atoms with Crippen LogP contribution in [0.3, 0.4) is 0 Å². The Labute approximate surface area is 210 Å². The van der Waals surface area contributed by atoms with Gasteiger partial charge in [0.25, 0.3) is 0 Å². The number of carbonyl (C=O) groups excluding carboxylic acids is 4. The summed E-state index contributed by atoms with van der Waals surface area (Å²) in [5.74, 6) is -1.54. The Hall–Kier alpha value is -2.38.